The van der Waals surface area contributed by atoms with Crippen molar-refractivity contribution in [2.45, 2.75) is 4.90 Å². The van der Waals surface area contributed by atoms with E-state index in [2.05, 4.69) is 9.36 Å². The molecule has 1 N–H and O–H groups in total. The van der Waals surface area contributed by atoms with Crippen molar-refractivity contribution < 1.29 is 31.6 Å². The average Bonchev–Trinajstić information content (AvgIpc) is 2.27. The number of hydrogen-bond acceptors (Lipinski definition) is 7. The van der Waals surface area contributed by atoms with Crippen LogP contribution in [0.3, 0.4) is 0 Å². The van der Waals surface area contributed by atoms with Crippen molar-refractivity contribution in [3.8, 4) is 0 Å². The molecule has 0 aromatic heterocycles. The van der Waals surface area contributed by atoms with E-state index in [0.717, 1.165) is 0 Å². The maximum Gasteiger partial charge on any atom is 0.533 e. The lowest BCUT2D eigenvalue weighted by atomic mass is 10.4. The SMILES string of the molecule is CS(=O)(=O)c1ccccc1.O=C(O)ON=S(=O)=O. The molecule has 0 amide bonds. The van der Waals surface area contributed by atoms with Gasteiger partial charge in [0, 0.05) is 6.26 Å². The number of benzene rings is 1. The molecule has 0 aliphatic rings. The van der Waals surface area contributed by atoms with Crippen LogP contribution in [0.5, 0.6) is 0 Å². The van der Waals surface area contributed by atoms with Gasteiger partial charge in [0.25, 0.3) is 0 Å². The summed E-state index contributed by atoms with van der Waals surface area (Å²) >= 11 is 0. The van der Waals surface area contributed by atoms with Gasteiger partial charge in [0.1, 0.15) is 0 Å². The number of hydrogen-bond donors (Lipinski definition) is 1. The molecule has 8 nitrogen and oxygen atoms in total. The summed E-state index contributed by atoms with van der Waals surface area (Å²) in [5.41, 5.74) is 0. The normalized spacial score (nSPS) is 9.61. The zero-order valence-corrected chi connectivity index (χ0v) is 10.7. The van der Waals surface area contributed by atoms with E-state index < -0.39 is 26.5 Å². The molecule has 0 saturated carbocycles. The maximum absolute atomic E-state index is 10.8. The first-order valence-corrected chi connectivity index (χ1v) is 7.11. The first-order valence-electron chi connectivity index (χ1n) is 4.19. The van der Waals surface area contributed by atoms with Crippen molar-refractivity contribution in [3.05, 3.63) is 30.3 Å². The summed E-state index contributed by atoms with van der Waals surface area (Å²) in [5, 5.41) is 7.57. The molecule has 0 saturated heterocycles. The predicted molar refractivity (Wildman–Crippen MR) is 60.0 cm³/mol. The molecule has 0 aliphatic heterocycles. The van der Waals surface area contributed by atoms with Gasteiger partial charge in [0.15, 0.2) is 9.84 Å². The Kier molecular flexibility index (Phi) is 6.60. The molecule has 18 heavy (non-hydrogen) atoms. The maximum atomic E-state index is 10.8. The van der Waals surface area contributed by atoms with Gasteiger partial charge in [0.05, 0.1) is 9.42 Å². The molecule has 1 aromatic rings. The molecule has 1 aromatic carbocycles. The Morgan fingerprint density at radius 3 is 2.00 bits per heavy atom. The minimum atomic E-state index is -3.00. The summed E-state index contributed by atoms with van der Waals surface area (Å²) in [7, 11) is -5.82. The van der Waals surface area contributed by atoms with Gasteiger partial charge in [0.2, 0.25) is 0 Å². The van der Waals surface area contributed by atoms with Gasteiger partial charge in [-0.1, -0.05) is 18.2 Å². The Morgan fingerprint density at radius 2 is 1.78 bits per heavy atom. The van der Waals surface area contributed by atoms with E-state index >= 15 is 0 Å². The minimum absolute atomic E-state index is 0.370. The van der Waals surface area contributed by atoms with Crippen molar-refractivity contribution >= 4 is 26.5 Å². The number of nitrogens with zero attached hydrogens (tertiary/aromatic N) is 1. The van der Waals surface area contributed by atoms with Crippen LogP contribution in [-0.4, -0.2) is 34.4 Å². The predicted octanol–water partition coefficient (Wildman–Crippen LogP) is 0.749. The molecule has 0 bridgehead atoms. The molecule has 0 heterocycles. The lowest BCUT2D eigenvalue weighted by Crippen LogP contribution is -1.95. The summed E-state index contributed by atoms with van der Waals surface area (Å²) < 4.78 is 42.5. The highest BCUT2D eigenvalue weighted by Crippen LogP contribution is 2.05. The van der Waals surface area contributed by atoms with Crippen molar-refractivity contribution in [1.29, 1.82) is 0 Å². The second kappa shape index (κ2) is 7.40. The molecular weight excluding hydrogens is 286 g/mol. The Hall–Kier alpha value is -1.94. The van der Waals surface area contributed by atoms with E-state index in [1.807, 2.05) is 0 Å². The number of rotatable bonds is 2. The molecule has 0 aliphatic carbocycles. The molecule has 0 unspecified atom stereocenters. The number of sulfone groups is 1. The van der Waals surface area contributed by atoms with E-state index in [4.69, 9.17) is 5.11 Å². The van der Waals surface area contributed by atoms with Gasteiger partial charge in [-0.25, -0.2) is 13.2 Å². The van der Waals surface area contributed by atoms with Crippen LogP contribution >= 0.6 is 0 Å². The second-order valence-electron chi connectivity index (χ2n) is 2.73. The van der Waals surface area contributed by atoms with Crippen LogP contribution < -0.4 is 0 Å². The zero-order chi connectivity index (χ0) is 14.2. The van der Waals surface area contributed by atoms with Gasteiger partial charge in [-0.3, -0.25) is 4.84 Å². The third kappa shape index (κ3) is 8.24. The van der Waals surface area contributed by atoms with E-state index in [-0.39, 0.29) is 0 Å². The van der Waals surface area contributed by atoms with Crippen molar-refractivity contribution in [2.75, 3.05) is 6.26 Å². The Bertz CT molecular complexity index is 611. The third-order valence-corrected chi connectivity index (χ3v) is 2.67. The summed E-state index contributed by atoms with van der Waals surface area (Å²) in [6.07, 6.45) is -0.559. The molecule has 0 radical (unpaired) electrons. The molecule has 10 heteroatoms. The molecule has 0 atom stereocenters. The minimum Gasteiger partial charge on any atom is -0.448 e. The van der Waals surface area contributed by atoms with Gasteiger partial charge in [-0.15, -0.1) is 0 Å². The fraction of sp³-hybridized carbons (Fsp3) is 0.125. The highest BCUT2D eigenvalue weighted by molar-refractivity contribution is 7.90. The molecular formula is C8H9NO7S2. The zero-order valence-electron chi connectivity index (χ0n) is 9.05. The first kappa shape index (κ1) is 16.1. The molecule has 1 rings (SSSR count). The first-order chi connectivity index (χ1) is 8.23. The van der Waals surface area contributed by atoms with Crippen LogP contribution in [0.4, 0.5) is 4.79 Å². The van der Waals surface area contributed by atoms with Crippen LogP contribution in [-0.2, 0) is 25.2 Å². The summed E-state index contributed by atoms with van der Waals surface area (Å²) in [5.74, 6) is 0. The number of carboxylic acid groups (broad SMARTS) is 1. The van der Waals surface area contributed by atoms with E-state index in [1.165, 1.54) is 6.26 Å². The summed E-state index contributed by atoms with van der Waals surface area (Å²) in [6, 6.07) is 8.35. The smallest absolute Gasteiger partial charge is 0.448 e. The lowest BCUT2D eigenvalue weighted by molar-refractivity contribution is 0.0965. The quantitative estimate of drug-likeness (QED) is 0.797. The summed E-state index contributed by atoms with van der Waals surface area (Å²) in [6.45, 7) is 0. The Balaban J connectivity index is 0.000000331. The largest absolute Gasteiger partial charge is 0.533 e. The van der Waals surface area contributed by atoms with E-state index in [1.54, 1.807) is 30.3 Å². The average molecular weight is 295 g/mol. The number of carbonyl (C=O) groups is 1. The summed E-state index contributed by atoms with van der Waals surface area (Å²) in [4.78, 5) is 12.9. The lowest BCUT2D eigenvalue weighted by Gasteiger charge is -1.93. The fourth-order valence-corrected chi connectivity index (χ4v) is 1.51. The van der Waals surface area contributed by atoms with E-state index in [9.17, 15) is 21.6 Å². The molecule has 0 fully saturated rings. The Labute approximate surface area is 104 Å². The van der Waals surface area contributed by atoms with Gasteiger partial charge in [-0.05, 0) is 12.1 Å². The molecule has 0 spiro atoms. The standard InChI is InChI=1S/C7H8O2S.CHNO5S/c1-10(8,9)7-5-3-2-4-6-7;3-1(4)7-2-8(5)6/h2-6H,1H3;(H,3,4). The van der Waals surface area contributed by atoms with Crippen molar-refractivity contribution in [3.63, 3.8) is 0 Å². The van der Waals surface area contributed by atoms with Crippen LogP contribution in [0.15, 0.2) is 39.8 Å². The van der Waals surface area contributed by atoms with Gasteiger partial charge < -0.3 is 5.11 Å². The van der Waals surface area contributed by atoms with Crippen molar-refractivity contribution in [1.82, 2.24) is 0 Å². The van der Waals surface area contributed by atoms with Gasteiger partial charge in [-0.2, -0.15) is 8.42 Å². The third-order valence-electron chi connectivity index (χ3n) is 1.35. The van der Waals surface area contributed by atoms with Crippen molar-refractivity contribution in [2.24, 2.45) is 4.53 Å². The Morgan fingerprint density at radius 1 is 1.28 bits per heavy atom. The highest BCUT2D eigenvalue weighted by Gasteiger charge is 2.02. The van der Waals surface area contributed by atoms with Crippen LogP contribution in [0.2, 0.25) is 0 Å². The van der Waals surface area contributed by atoms with Gasteiger partial charge >= 0.3 is 16.7 Å². The van der Waals surface area contributed by atoms with Crippen LogP contribution in [0.25, 0.3) is 0 Å². The highest BCUT2D eigenvalue weighted by atomic mass is 32.2. The molecule has 100 valence electrons. The second-order valence-corrected chi connectivity index (χ2v) is 5.33. The monoisotopic (exact) mass is 295 g/mol. The van der Waals surface area contributed by atoms with Crippen LogP contribution in [0.1, 0.15) is 0 Å². The fourth-order valence-electron chi connectivity index (χ4n) is 0.730. The topological polar surface area (TPSA) is 127 Å². The van der Waals surface area contributed by atoms with E-state index in [0.29, 0.717) is 4.90 Å². The van der Waals surface area contributed by atoms with Crippen LogP contribution in [0, 0.1) is 0 Å².